The molecule has 1 fully saturated rings. The Morgan fingerprint density at radius 1 is 1.27 bits per heavy atom. The molecule has 1 aliphatic carbocycles. The van der Waals surface area contributed by atoms with Crippen molar-refractivity contribution >= 4 is 11.9 Å². The maximum absolute atomic E-state index is 12.4. The zero-order valence-electron chi connectivity index (χ0n) is 13.5. The average Bonchev–Trinajstić information content (AvgIpc) is 2.75. The van der Waals surface area contributed by atoms with Gasteiger partial charge in [0.25, 0.3) is 5.91 Å². The van der Waals surface area contributed by atoms with Crippen molar-refractivity contribution in [3.8, 4) is 0 Å². The molecule has 0 aromatic carbocycles. The number of amides is 1. The highest BCUT2D eigenvalue weighted by molar-refractivity contribution is 5.92. The monoisotopic (exact) mass is 306 g/mol. The smallest absolute Gasteiger partial charge is 0.270 e. The van der Waals surface area contributed by atoms with Crippen LogP contribution in [0.5, 0.6) is 0 Å². The van der Waals surface area contributed by atoms with Gasteiger partial charge in [-0.3, -0.25) is 4.79 Å². The highest BCUT2D eigenvalue weighted by Gasteiger charge is 2.17. The van der Waals surface area contributed by atoms with Crippen LogP contribution in [0.25, 0.3) is 0 Å². The van der Waals surface area contributed by atoms with Crippen LogP contribution in [0.3, 0.4) is 0 Å². The van der Waals surface area contributed by atoms with Gasteiger partial charge in [0.15, 0.2) is 0 Å². The molecule has 0 radical (unpaired) electrons. The van der Waals surface area contributed by atoms with Crippen molar-refractivity contribution < 1.29 is 9.53 Å². The summed E-state index contributed by atoms with van der Waals surface area (Å²) >= 11 is 0. The van der Waals surface area contributed by atoms with Crippen molar-refractivity contribution in [3.63, 3.8) is 0 Å². The second-order valence-electron chi connectivity index (χ2n) is 5.80. The molecule has 22 heavy (non-hydrogen) atoms. The number of rotatable bonds is 6. The zero-order chi connectivity index (χ0) is 15.8. The van der Waals surface area contributed by atoms with E-state index in [1.165, 1.54) is 25.7 Å². The van der Waals surface area contributed by atoms with E-state index in [4.69, 9.17) is 4.74 Å². The van der Waals surface area contributed by atoms with Gasteiger partial charge in [-0.1, -0.05) is 25.7 Å². The molecule has 1 amide bonds. The lowest BCUT2D eigenvalue weighted by molar-refractivity contribution is 0.0928. The van der Waals surface area contributed by atoms with Gasteiger partial charge in [0.05, 0.1) is 6.61 Å². The quantitative estimate of drug-likeness (QED) is 0.623. The van der Waals surface area contributed by atoms with E-state index in [-0.39, 0.29) is 11.9 Å². The average molecular weight is 306 g/mol. The van der Waals surface area contributed by atoms with Crippen LogP contribution < -0.4 is 10.6 Å². The molecule has 0 aliphatic heterocycles. The molecule has 1 saturated carbocycles. The summed E-state index contributed by atoms with van der Waals surface area (Å²) in [7, 11) is 1.64. The van der Waals surface area contributed by atoms with Crippen LogP contribution in [0, 0.1) is 6.92 Å². The van der Waals surface area contributed by atoms with Crippen molar-refractivity contribution in [2.75, 3.05) is 25.6 Å². The largest absolute Gasteiger partial charge is 0.383 e. The Hall–Kier alpha value is -1.69. The number of carbonyl (C=O) groups is 1. The molecule has 6 nitrogen and oxygen atoms in total. The van der Waals surface area contributed by atoms with E-state index >= 15 is 0 Å². The number of carbonyl (C=O) groups excluding carboxylic acids is 1. The number of hydrogen-bond acceptors (Lipinski definition) is 5. The van der Waals surface area contributed by atoms with Crippen LogP contribution in [0.4, 0.5) is 5.95 Å². The van der Waals surface area contributed by atoms with Gasteiger partial charge in [-0.2, -0.15) is 0 Å². The lowest BCUT2D eigenvalue weighted by atomic mass is 10.1. The summed E-state index contributed by atoms with van der Waals surface area (Å²) in [6.07, 6.45) is 7.05. The Balaban J connectivity index is 1.98. The molecule has 1 aromatic heterocycles. The molecular weight excluding hydrogens is 280 g/mol. The third-order valence-corrected chi connectivity index (χ3v) is 3.87. The maximum atomic E-state index is 12.4. The Bertz CT molecular complexity index is 485. The van der Waals surface area contributed by atoms with Crippen LogP contribution in [-0.4, -0.2) is 42.2 Å². The number of aromatic nitrogens is 2. The van der Waals surface area contributed by atoms with Crippen LogP contribution in [-0.2, 0) is 4.74 Å². The maximum Gasteiger partial charge on any atom is 0.270 e. The summed E-state index contributed by atoms with van der Waals surface area (Å²) in [5.41, 5.74) is 1.21. The lowest BCUT2D eigenvalue weighted by Gasteiger charge is -2.16. The SMILES string of the molecule is COCCNc1nc(C)cc(C(=O)NC2CCCCCC2)n1. The Kier molecular flexibility index (Phi) is 6.58. The second kappa shape index (κ2) is 8.68. The molecule has 0 spiro atoms. The van der Waals surface area contributed by atoms with Crippen LogP contribution in [0.15, 0.2) is 6.07 Å². The topological polar surface area (TPSA) is 76.1 Å². The summed E-state index contributed by atoms with van der Waals surface area (Å²) in [6, 6.07) is 2.00. The zero-order valence-corrected chi connectivity index (χ0v) is 13.5. The Morgan fingerprint density at radius 2 is 2.00 bits per heavy atom. The molecule has 0 atom stereocenters. The molecule has 1 aromatic rings. The van der Waals surface area contributed by atoms with Crippen molar-refractivity contribution in [2.24, 2.45) is 0 Å². The summed E-state index contributed by atoms with van der Waals surface area (Å²) in [6.45, 7) is 3.05. The number of nitrogens with one attached hydrogen (secondary N) is 2. The van der Waals surface area contributed by atoms with E-state index in [2.05, 4.69) is 20.6 Å². The van der Waals surface area contributed by atoms with Crippen molar-refractivity contribution in [1.82, 2.24) is 15.3 Å². The van der Waals surface area contributed by atoms with Gasteiger partial charge in [0.1, 0.15) is 5.69 Å². The van der Waals surface area contributed by atoms with Gasteiger partial charge < -0.3 is 15.4 Å². The number of ether oxygens (including phenoxy) is 1. The van der Waals surface area contributed by atoms with Gasteiger partial charge in [0.2, 0.25) is 5.95 Å². The lowest BCUT2D eigenvalue weighted by Crippen LogP contribution is -2.35. The molecule has 2 N–H and O–H groups in total. The van der Waals surface area contributed by atoms with Gasteiger partial charge >= 0.3 is 0 Å². The second-order valence-corrected chi connectivity index (χ2v) is 5.80. The summed E-state index contributed by atoms with van der Waals surface area (Å²) in [5, 5.41) is 6.18. The fourth-order valence-corrected chi connectivity index (χ4v) is 2.71. The minimum Gasteiger partial charge on any atom is -0.383 e. The van der Waals surface area contributed by atoms with Crippen molar-refractivity contribution in [3.05, 3.63) is 17.5 Å². The van der Waals surface area contributed by atoms with Crippen LogP contribution >= 0.6 is 0 Å². The highest BCUT2D eigenvalue weighted by Crippen LogP contribution is 2.17. The van der Waals surface area contributed by atoms with E-state index in [9.17, 15) is 4.79 Å². The summed E-state index contributed by atoms with van der Waals surface area (Å²) in [4.78, 5) is 21.0. The molecule has 0 saturated heterocycles. The van der Waals surface area contributed by atoms with Gasteiger partial charge in [-0.25, -0.2) is 9.97 Å². The molecule has 6 heteroatoms. The number of methoxy groups -OCH3 is 1. The van der Waals surface area contributed by atoms with E-state index in [0.29, 0.717) is 24.8 Å². The summed E-state index contributed by atoms with van der Waals surface area (Å²) < 4.78 is 4.99. The van der Waals surface area contributed by atoms with Gasteiger partial charge in [-0.05, 0) is 25.8 Å². The first-order valence-electron chi connectivity index (χ1n) is 8.08. The normalized spacial score (nSPS) is 16.1. The fourth-order valence-electron chi connectivity index (χ4n) is 2.71. The highest BCUT2D eigenvalue weighted by atomic mass is 16.5. The summed E-state index contributed by atoms with van der Waals surface area (Å²) in [5.74, 6) is 0.371. The van der Waals surface area contributed by atoms with Crippen molar-refractivity contribution in [1.29, 1.82) is 0 Å². The van der Waals surface area contributed by atoms with E-state index in [1.807, 2.05) is 6.92 Å². The third kappa shape index (κ3) is 5.26. The first-order chi connectivity index (χ1) is 10.7. The number of nitrogens with zero attached hydrogens (tertiary/aromatic N) is 2. The number of aryl methyl sites for hydroxylation is 1. The minimum absolute atomic E-state index is 0.104. The predicted molar refractivity (Wildman–Crippen MR) is 86.1 cm³/mol. The van der Waals surface area contributed by atoms with E-state index < -0.39 is 0 Å². The number of hydrogen-bond donors (Lipinski definition) is 2. The Morgan fingerprint density at radius 3 is 2.68 bits per heavy atom. The molecule has 0 unspecified atom stereocenters. The number of anilines is 1. The Labute approximate surface area is 132 Å². The molecule has 0 bridgehead atoms. The van der Waals surface area contributed by atoms with Crippen LogP contribution in [0.1, 0.15) is 54.7 Å². The van der Waals surface area contributed by atoms with Gasteiger partial charge in [0, 0.05) is 25.4 Å². The van der Waals surface area contributed by atoms with Crippen molar-refractivity contribution in [2.45, 2.75) is 51.5 Å². The molecule has 122 valence electrons. The molecule has 1 aliphatic rings. The minimum atomic E-state index is -0.104. The third-order valence-electron chi connectivity index (χ3n) is 3.87. The van der Waals surface area contributed by atoms with E-state index in [1.54, 1.807) is 13.2 Å². The molecular formula is C16H26N4O2. The van der Waals surface area contributed by atoms with Gasteiger partial charge in [-0.15, -0.1) is 0 Å². The van der Waals surface area contributed by atoms with Crippen LogP contribution in [0.2, 0.25) is 0 Å². The molecule has 2 rings (SSSR count). The molecule has 1 heterocycles. The predicted octanol–water partition coefficient (Wildman–Crippen LogP) is 2.30. The fraction of sp³-hybridized carbons (Fsp3) is 0.688. The first kappa shape index (κ1) is 16.7. The first-order valence-corrected chi connectivity index (χ1v) is 8.08. The standard InChI is InChI=1S/C16H26N4O2/c1-12-11-14(20-16(18-12)17-9-10-22-2)15(21)19-13-7-5-3-4-6-8-13/h11,13H,3-10H2,1-2H3,(H,19,21)(H,17,18,20). The van der Waals surface area contributed by atoms with E-state index in [0.717, 1.165) is 18.5 Å².